The van der Waals surface area contributed by atoms with E-state index in [2.05, 4.69) is 10.6 Å². The van der Waals surface area contributed by atoms with E-state index in [1.807, 2.05) is 18.2 Å². The molecule has 34 heavy (non-hydrogen) atoms. The molecule has 1 aliphatic carbocycles. The number of halogens is 2. The van der Waals surface area contributed by atoms with E-state index in [0.29, 0.717) is 11.5 Å². The Hall–Kier alpha value is -3.16. The van der Waals surface area contributed by atoms with E-state index in [1.54, 1.807) is 27.9 Å². The molecule has 0 aliphatic heterocycles. The third-order valence-electron chi connectivity index (χ3n) is 6.07. The fraction of sp³-hybridized carbons (Fsp3) is 0.462. The van der Waals surface area contributed by atoms with Crippen molar-refractivity contribution in [2.45, 2.75) is 64.6 Å². The third-order valence-corrected chi connectivity index (χ3v) is 6.07. The Morgan fingerprint density at radius 1 is 0.971 bits per heavy atom. The second-order valence-electron chi connectivity index (χ2n) is 8.96. The van der Waals surface area contributed by atoms with Crippen molar-refractivity contribution < 1.29 is 27.8 Å². The second kappa shape index (κ2) is 11.3. The van der Waals surface area contributed by atoms with Crippen LogP contribution in [-0.4, -0.2) is 31.1 Å². The molecule has 3 rings (SSSR count). The Balaban J connectivity index is 1.70. The zero-order chi connectivity index (χ0) is 24.8. The van der Waals surface area contributed by atoms with Crippen LogP contribution in [0.1, 0.15) is 68.4 Å². The molecule has 0 bridgehead atoms. The molecule has 2 aromatic rings. The topological polar surface area (TPSA) is 76.7 Å². The number of hydrogen-bond acceptors (Lipinski definition) is 4. The zero-order valence-corrected chi connectivity index (χ0v) is 20.0. The van der Waals surface area contributed by atoms with Gasteiger partial charge in [0.1, 0.15) is 23.2 Å². The summed E-state index contributed by atoms with van der Waals surface area (Å²) in [6.07, 6.45) is 4.55. The first-order valence-electron chi connectivity index (χ1n) is 11.6. The molecule has 0 aromatic heterocycles. The van der Waals surface area contributed by atoms with Crippen molar-refractivity contribution in [2.75, 3.05) is 7.11 Å². The molecule has 2 atom stereocenters. The lowest BCUT2D eigenvalue weighted by Gasteiger charge is -2.25. The number of carbonyl (C=O) groups excluding carboxylic acids is 2. The summed E-state index contributed by atoms with van der Waals surface area (Å²) in [7, 11) is 1.57. The van der Waals surface area contributed by atoms with Gasteiger partial charge in [-0.05, 0) is 68.4 Å². The largest absolute Gasteiger partial charge is 0.493 e. The first kappa shape index (κ1) is 25.5. The summed E-state index contributed by atoms with van der Waals surface area (Å²) >= 11 is 0. The van der Waals surface area contributed by atoms with Gasteiger partial charge in [-0.2, -0.15) is 0 Å². The Labute approximate surface area is 199 Å². The standard InChI is InChI=1S/C26H32F2N2O4/c1-15(2)24(30-25(31)23-19(27)10-7-11-20(23)28)26(32)29-16(3)17-12-13-21(22(14-17)33-4)34-18-8-5-6-9-18/h7,10-16,18,24H,5-6,8-9H2,1-4H3,(H,29,32)(H,30,31)/t16?,24-/m0/s1. The van der Waals surface area contributed by atoms with Gasteiger partial charge in [0.2, 0.25) is 5.91 Å². The van der Waals surface area contributed by atoms with E-state index >= 15 is 0 Å². The Bertz CT molecular complexity index is 1000. The van der Waals surface area contributed by atoms with Crippen LogP contribution in [0.4, 0.5) is 8.78 Å². The highest BCUT2D eigenvalue weighted by Gasteiger charge is 2.28. The highest BCUT2D eigenvalue weighted by molar-refractivity contribution is 5.98. The van der Waals surface area contributed by atoms with Crippen molar-refractivity contribution in [1.29, 1.82) is 0 Å². The van der Waals surface area contributed by atoms with Gasteiger partial charge in [0.05, 0.1) is 19.3 Å². The van der Waals surface area contributed by atoms with Crippen LogP contribution >= 0.6 is 0 Å². The van der Waals surface area contributed by atoms with Crippen molar-refractivity contribution in [3.05, 3.63) is 59.2 Å². The second-order valence-corrected chi connectivity index (χ2v) is 8.96. The summed E-state index contributed by atoms with van der Waals surface area (Å²) in [5.41, 5.74) is 0.0783. The van der Waals surface area contributed by atoms with Gasteiger partial charge in [-0.15, -0.1) is 0 Å². The summed E-state index contributed by atoms with van der Waals surface area (Å²) in [5, 5.41) is 5.34. The van der Waals surface area contributed by atoms with Crippen molar-refractivity contribution in [3.63, 3.8) is 0 Å². The molecule has 1 aliphatic rings. The van der Waals surface area contributed by atoms with E-state index in [1.165, 1.54) is 6.07 Å². The van der Waals surface area contributed by atoms with Crippen LogP contribution in [0.25, 0.3) is 0 Å². The fourth-order valence-electron chi connectivity index (χ4n) is 4.09. The maximum Gasteiger partial charge on any atom is 0.257 e. The van der Waals surface area contributed by atoms with Crippen LogP contribution in [-0.2, 0) is 4.79 Å². The Morgan fingerprint density at radius 2 is 1.62 bits per heavy atom. The van der Waals surface area contributed by atoms with Gasteiger partial charge in [-0.3, -0.25) is 9.59 Å². The minimum absolute atomic E-state index is 0.187. The van der Waals surface area contributed by atoms with Crippen LogP contribution in [0.15, 0.2) is 36.4 Å². The maximum absolute atomic E-state index is 14.0. The van der Waals surface area contributed by atoms with E-state index in [0.717, 1.165) is 43.4 Å². The molecule has 1 fully saturated rings. The van der Waals surface area contributed by atoms with Crippen molar-refractivity contribution >= 4 is 11.8 Å². The first-order chi connectivity index (χ1) is 16.2. The van der Waals surface area contributed by atoms with Gasteiger partial charge in [0.25, 0.3) is 5.91 Å². The molecule has 0 heterocycles. The van der Waals surface area contributed by atoms with Crippen LogP contribution in [0, 0.1) is 17.6 Å². The van der Waals surface area contributed by atoms with Crippen LogP contribution in [0.2, 0.25) is 0 Å². The van der Waals surface area contributed by atoms with Gasteiger partial charge in [-0.25, -0.2) is 8.78 Å². The molecule has 1 saturated carbocycles. The average molecular weight is 475 g/mol. The van der Waals surface area contributed by atoms with E-state index in [9.17, 15) is 18.4 Å². The number of rotatable bonds is 9. The van der Waals surface area contributed by atoms with E-state index < -0.39 is 41.1 Å². The van der Waals surface area contributed by atoms with E-state index in [4.69, 9.17) is 9.47 Å². The van der Waals surface area contributed by atoms with Gasteiger partial charge in [-0.1, -0.05) is 26.0 Å². The lowest BCUT2D eigenvalue weighted by Crippen LogP contribution is -2.50. The number of methoxy groups -OCH3 is 1. The monoisotopic (exact) mass is 474 g/mol. The molecule has 2 aromatic carbocycles. The van der Waals surface area contributed by atoms with Crippen LogP contribution in [0.5, 0.6) is 11.5 Å². The molecule has 8 heteroatoms. The SMILES string of the molecule is COc1cc(C(C)NC(=O)[C@@H](NC(=O)c2c(F)cccc2F)C(C)C)ccc1OC1CCCC1. The highest BCUT2D eigenvalue weighted by Crippen LogP contribution is 2.33. The zero-order valence-electron chi connectivity index (χ0n) is 20.0. The molecule has 1 unspecified atom stereocenters. The minimum atomic E-state index is -0.985. The number of benzene rings is 2. The molecule has 2 N–H and O–H groups in total. The Kier molecular flexibility index (Phi) is 8.47. The maximum atomic E-state index is 14.0. The van der Waals surface area contributed by atoms with Crippen LogP contribution < -0.4 is 20.1 Å². The molecule has 6 nitrogen and oxygen atoms in total. The minimum Gasteiger partial charge on any atom is -0.493 e. The molecule has 2 amide bonds. The van der Waals surface area contributed by atoms with Gasteiger partial charge in [0.15, 0.2) is 11.5 Å². The summed E-state index contributed by atoms with van der Waals surface area (Å²) in [5.74, 6) is -2.49. The molecule has 0 saturated heterocycles. The number of amides is 2. The van der Waals surface area contributed by atoms with E-state index in [-0.39, 0.29) is 12.0 Å². The van der Waals surface area contributed by atoms with Crippen molar-refractivity contribution in [1.82, 2.24) is 10.6 Å². The fourth-order valence-corrected chi connectivity index (χ4v) is 4.09. The molecule has 184 valence electrons. The lowest BCUT2D eigenvalue weighted by molar-refractivity contribution is -0.124. The van der Waals surface area contributed by atoms with Crippen molar-refractivity contribution in [2.24, 2.45) is 5.92 Å². The first-order valence-corrected chi connectivity index (χ1v) is 11.6. The molecular formula is C26H32F2N2O4. The summed E-state index contributed by atoms with van der Waals surface area (Å²) in [6.45, 7) is 5.29. The smallest absolute Gasteiger partial charge is 0.257 e. The number of ether oxygens (including phenoxy) is 2. The van der Waals surface area contributed by atoms with Gasteiger partial charge < -0.3 is 20.1 Å². The predicted molar refractivity (Wildman–Crippen MR) is 125 cm³/mol. The normalized spacial score (nSPS) is 15.6. The number of nitrogens with one attached hydrogen (secondary N) is 2. The third kappa shape index (κ3) is 6.04. The van der Waals surface area contributed by atoms with Gasteiger partial charge >= 0.3 is 0 Å². The molecular weight excluding hydrogens is 442 g/mol. The molecule has 0 radical (unpaired) electrons. The number of carbonyl (C=O) groups is 2. The summed E-state index contributed by atoms with van der Waals surface area (Å²) < 4.78 is 39.5. The Morgan fingerprint density at radius 3 is 2.21 bits per heavy atom. The number of hydrogen-bond donors (Lipinski definition) is 2. The summed E-state index contributed by atoms with van der Waals surface area (Å²) in [6, 6.07) is 7.27. The quantitative estimate of drug-likeness (QED) is 0.541. The van der Waals surface area contributed by atoms with Crippen LogP contribution in [0.3, 0.4) is 0 Å². The summed E-state index contributed by atoms with van der Waals surface area (Å²) in [4.78, 5) is 25.5. The highest BCUT2D eigenvalue weighted by atomic mass is 19.1. The molecule has 0 spiro atoms. The average Bonchev–Trinajstić information content (AvgIpc) is 3.30. The predicted octanol–water partition coefficient (Wildman–Crippen LogP) is 4.93. The van der Waals surface area contributed by atoms with Crippen molar-refractivity contribution in [3.8, 4) is 11.5 Å². The lowest BCUT2D eigenvalue weighted by atomic mass is 10.0. The van der Waals surface area contributed by atoms with Gasteiger partial charge in [0, 0.05) is 0 Å².